The van der Waals surface area contributed by atoms with Crippen LogP contribution in [0.1, 0.15) is 40.4 Å². The molecule has 0 saturated carbocycles. The van der Waals surface area contributed by atoms with Crippen molar-refractivity contribution >= 4 is 11.9 Å². The molecule has 0 amide bonds. The van der Waals surface area contributed by atoms with Crippen LogP contribution < -0.4 is 14.2 Å². The molecule has 0 aliphatic carbocycles. The molecule has 7 nitrogen and oxygen atoms in total. The molecule has 0 fully saturated rings. The van der Waals surface area contributed by atoms with Crippen LogP contribution in [0.5, 0.6) is 17.2 Å². The number of carbonyl (C=O) groups is 2. The van der Waals surface area contributed by atoms with Crippen LogP contribution in [-0.2, 0) is 11.4 Å². The fraction of sp³-hybridized carbons (Fsp3) is 0.200. The quantitative estimate of drug-likeness (QED) is 0.438. The van der Waals surface area contributed by atoms with Gasteiger partial charge in [-0.3, -0.25) is 4.79 Å². The Bertz CT molecular complexity index is 1060. The highest BCUT2D eigenvalue weighted by Gasteiger charge is 2.20. The van der Waals surface area contributed by atoms with Crippen molar-refractivity contribution in [2.24, 2.45) is 0 Å². The minimum absolute atomic E-state index is 0.0324. The van der Waals surface area contributed by atoms with Crippen molar-refractivity contribution in [3.63, 3.8) is 0 Å². The lowest BCUT2D eigenvalue weighted by Crippen LogP contribution is -2.12. The summed E-state index contributed by atoms with van der Waals surface area (Å²) in [5, 5.41) is 18.7. The summed E-state index contributed by atoms with van der Waals surface area (Å²) in [5.74, 6) is -0.856. The van der Waals surface area contributed by atoms with E-state index in [9.17, 15) is 14.7 Å². The van der Waals surface area contributed by atoms with E-state index >= 15 is 0 Å². The summed E-state index contributed by atoms with van der Waals surface area (Å²) in [6, 6.07) is 21.0. The number of carboxylic acids is 2. The first-order valence-electron chi connectivity index (χ1n) is 10.0. The van der Waals surface area contributed by atoms with E-state index in [2.05, 4.69) is 0 Å². The Morgan fingerprint density at radius 1 is 0.906 bits per heavy atom. The summed E-state index contributed by atoms with van der Waals surface area (Å²) in [4.78, 5) is 22.8. The van der Waals surface area contributed by atoms with Crippen LogP contribution in [0, 0.1) is 0 Å². The van der Waals surface area contributed by atoms with Gasteiger partial charge in [0.05, 0.1) is 7.11 Å². The molecule has 0 heterocycles. The van der Waals surface area contributed by atoms with Gasteiger partial charge in [-0.1, -0.05) is 42.5 Å². The van der Waals surface area contributed by atoms with E-state index in [1.807, 2.05) is 54.6 Å². The molecule has 2 N–H and O–H groups in total. The van der Waals surface area contributed by atoms with Crippen LogP contribution in [-0.4, -0.2) is 29.3 Å². The van der Waals surface area contributed by atoms with Gasteiger partial charge in [0, 0.05) is 12.5 Å². The van der Waals surface area contributed by atoms with E-state index in [1.165, 1.54) is 12.1 Å². The first-order chi connectivity index (χ1) is 15.5. The Morgan fingerprint density at radius 3 is 2.38 bits per heavy atom. The van der Waals surface area contributed by atoms with Crippen molar-refractivity contribution < 1.29 is 34.0 Å². The van der Waals surface area contributed by atoms with Gasteiger partial charge in [0.15, 0.2) is 0 Å². The molecule has 0 aliphatic heterocycles. The number of methoxy groups -OCH3 is 1. The Morgan fingerprint density at radius 2 is 1.69 bits per heavy atom. The lowest BCUT2D eigenvalue weighted by Gasteiger charge is -2.21. The van der Waals surface area contributed by atoms with Crippen LogP contribution in [0.2, 0.25) is 0 Å². The molecular weight excluding hydrogens is 412 g/mol. The van der Waals surface area contributed by atoms with Crippen molar-refractivity contribution in [3.8, 4) is 17.2 Å². The Hall–Kier alpha value is -4.00. The molecular formula is C25H24O7. The molecule has 3 aromatic rings. The third-order valence-electron chi connectivity index (χ3n) is 4.78. The molecule has 0 radical (unpaired) electrons. The summed E-state index contributed by atoms with van der Waals surface area (Å²) < 4.78 is 17.1. The van der Waals surface area contributed by atoms with E-state index in [1.54, 1.807) is 13.2 Å². The fourth-order valence-corrected chi connectivity index (χ4v) is 3.16. The number of aliphatic carboxylic acids is 1. The van der Waals surface area contributed by atoms with Gasteiger partial charge in [-0.25, -0.2) is 4.79 Å². The van der Waals surface area contributed by atoms with Gasteiger partial charge in [0.2, 0.25) is 0 Å². The van der Waals surface area contributed by atoms with Crippen molar-refractivity contribution in [1.29, 1.82) is 0 Å². The van der Waals surface area contributed by atoms with Crippen LogP contribution in [0.3, 0.4) is 0 Å². The number of aromatic carboxylic acids is 1. The SMILES string of the molecule is COc1cccc(COc2ccc(C(=O)O)c(OC(CCC(=O)O)c3ccccc3)c2)c1. The largest absolute Gasteiger partial charge is 0.497 e. The molecule has 0 spiro atoms. The monoisotopic (exact) mass is 436 g/mol. The Labute approximate surface area is 185 Å². The fourth-order valence-electron chi connectivity index (χ4n) is 3.16. The van der Waals surface area contributed by atoms with Crippen LogP contribution in [0.25, 0.3) is 0 Å². The van der Waals surface area contributed by atoms with Crippen LogP contribution in [0.4, 0.5) is 0 Å². The maximum absolute atomic E-state index is 11.7. The average Bonchev–Trinajstić information content (AvgIpc) is 2.81. The summed E-state index contributed by atoms with van der Waals surface area (Å²) in [5.41, 5.74) is 1.61. The van der Waals surface area contributed by atoms with Gasteiger partial charge >= 0.3 is 11.9 Å². The van der Waals surface area contributed by atoms with E-state index < -0.39 is 18.0 Å². The first kappa shape index (κ1) is 22.7. The van der Waals surface area contributed by atoms with Crippen LogP contribution >= 0.6 is 0 Å². The molecule has 3 aromatic carbocycles. The smallest absolute Gasteiger partial charge is 0.339 e. The Kier molecular flexibility index (Phi) is 7.70. The molecule has 1 atom stereocenters. The van der Waals surface area contributed by atoms with E-state index in [0.717, 1.165) is 11.1 Å². The minimum Gasteiger partial charge on any atom is -0.497 e. The Balaban J connectivity index is 1.83. The minimum atomic E-state index is -1.15. The van der Waals surface area contributed by atoms with E-state index in [4.69, 9.17) is 19.3 Å². The summed E-state index contributed by atoms with van der Waals surface area (Å²) >= 11 is 0. The topological polar surface area (TPSA) is 102 Å². The van der Waals surface area contributed by atoms with Gasteiger partial charge in [-0.2, -0.15) is 0 Å². The molecule has 32 heavy (non-hydrogen) atoms. The standard InChI is InChI=1S/C25H24O7/c1-30-19-9-5-6-17(14-19)16-31-20-10-11-21(25(28)29)23(15-20)32-22(12-13-24(26)27)18-7-3-2-4-8-18/h2-11,14-15,22H,12-13,16H2,1H3,(H,26,27)(H,28,29). The van der Waals surface area contributed by atoms with Gasteiger partial charge in [0.1, 0.15) is 35.5 Å². The molecule has 0 aliphatic rings. The first-order valence-corrected chi connectivity index (χ1v) is 10.0. The van der Waals surface area contributed by atoms with E-state index in [0.29, 0.717) is 11.5 Å². The molecule has 3 rings (SSSR count). The number of benzene rings is 3. The van der Waals surface area contributed by atoms with Gasteiger partial charge in [0.25, 0.3) is 0 Å². The summed E-state index contributed by atoms with van der Waals surface area (Å²) in [7, 11) is 1.59. The highest BCUT2D eigenvalue weighted by atomic mass is 16.5. The zero-order chi connectivity index (χ0) is 22.9. The third-order valence-corrected chi connectivity index (χ3v) is 4.78. The maximum Gasteiger partial charge on any atom is 0.339 e. The number of hydrogen-bond donors (Lipinski definition) is 2. The van der Waals surface area contributed by atoms with Crippen molar-refractivity contribution in [2.75, 3.05) is 7.11 Å². The molecule has 0 bridgehead atoms. The third kappa shape index (κ3) is 6.25. The normalized spacial score (nSPS) is 11.4. The second kappa shape index (κ2) is 10.9. The average molecular weight is 436 g/mol. The van der Waals surface area contributed by atoms with Crippen LogP contribution in [0.15, 0.2) is 72.8 Å². The zero-order valence-electron chi connectivity index (χ0n) is 17.6. The molecule has 7 heteroatoms. The second-order valence-electron chi connectivity index (χ2n) is 7.05. The number of carboxylic acid groups (broad SMARTS) is 2. The molecule has 1 unspecified atom stereocenters. The maximum atomic E-state index is 11.7. The van der Waals surface area contributed by atoms with Crippen molar-refractivity contribution in [1.82, 2.24) is 0 Å². The summed E-state index contributed by atoms with van der Waals surface area (Å²) in [6.45, 7) is 0.254. The molecule has 166 valence electrons. The number of ether oxygens (including phenoxy) is 3. The lowest BCUT2D eigenvalue weighted by molar-refractivity contribution is -0.137. The lowest BCUT2D eigenvalue weighted by atomic mass is 10.0. The van der Waals surface area contributed by atoms with Gasteiger partial charge in [-0.05, 0) is 41.8 Å². The van der Waals surface area contributed by atoms with Gasteiger partial charge < -0.3 is 24.4 Å². The highest BCUT2D eigenvalue weighted by Crippen LogP contribution is 2.32. The zero-order valence-corrected chi connectivity index (χ0v) is 17.6. The van der Waals surface area contributed by atoms with Crippen molar-refractivity contribution in [3.05, 3.63) is 89.5 Å². The second-order valence-corrected chi connectivity index (χ2v) is 7.05. The van der Waals surface area contributed by atoms with Gasteiger partial charge in [-0.15, -0.1) is 0 Å². The predicted molar refractivity (Wildman–Crippen MR) is 117 cm³/mol. The predicted octanol–water partition coefficient (Wildman–Crippen LogP) is 4.96. The summed E-state index contributed by atoms with van der Waals surface area (Å²) in [6.07, 6.45) is -0.555. The van der Waals surface area contributed by atoms with E-state index in [-0.39, 0.29) is 30.8 Å². The highest BCUT2D eigenvalue weighted by molar-refractivity contribution is 5.91. The van der Waals surface area contributed by atoms with Crippen molar-refractivity contribution in [2.45, 2.75) is 25.6 Å². The molecule has 0 saturated heterocycles. The molecule has 0 aromatic heterocycles. The number of rotatable bonds is 11. The number of hydrogen-bond acceptors (Lipinski definition) is 5.